The van der Waals surface area contributed by atoms with E-state index in [2.05, 4.69) is 0 Å². The van der Waals surface area contributed by atoms with Gasteiger partial charge in [-0.2, -0.15) is 0 Å². The van der Waals surface area contributed by atoms with Crippen molar-refractivity contribution in [3.63, 3.8) is 0 Å². The predicted molar refractivity (Wildman–Crippen MR) is 132 cm³/mol. The fourth-order valence-electron chi connectivity index (χ4n) is 5.38. The Kier molecular flexibility index (Phi) is 6.12. The number of methoxy groups -OCH3 is 1. The molecule has 178 valence electrons. The second-order valence-corrected chi connectivity index (χ2v) is 9.28. The van der Waals surface area contributed by atoms with Crippen molar-refractivity contribution < 1.29 is 19.1 Å². The van der Waals surface area contributed by atoms with Crippen LogP contribution < -0.4 is 10.5 Å². The minimum absolute atomic E-state index is 0.112. The molecule has 1 aliphatic heterocycles. The van der Waals surface area contributed by atoms with Gasteiger partial charge in [-0.25, -0.2) is 0 Å². The van der Waals surface area contributed by atoms with Crippen molar-refractivity contribution >= 4 is 17.6 Å². The van der Waals surface area contributed by atoms with E-state index in [4.69, 9.17) is 10.5 Å². The Balaban J connectivity index is 1.73. The van der Waals surface area contributed by atoms with E-state index < -0.39 is 29.8 Å². The van der Waals surface area contributed by atoms with Crippen LogP contribution in [0.3, 0.4) is 0 Å². The first kappa shape index (κ1) is 22.8. The Labute approximate surface area is 204 Å². The Bertz CT molecular complexity index is 1220. The molecule has 0 spiro atoms. The first-order valence-corrected chi connectivity index (χ1v) is 11.9. The molecule has 2 fully saturated rings. The number of hydrogen-bond donors (Lipinski definition) is 1. The summed E-state index contributed by atoms with van der Waals surface area (Å²) in [7, 11) is 1.59. The van der Waals surface area contributed by atoms with Crippen LogP contribution in [0.4, 0.5) is 0 Å². The van der Waals surface area contributed by atoms with Crippen LogP contribution in [-0.2, 0) is 9.59 Å². The summed E-state index contributed by atoms with van der Waals surface area (Å²) in [5.41, 5.74) is 8.13. The lowest BCUT2D eigenvalue weighted by molar-refractivity contribution is -0.140. The molecule has 1 saturated carbocycles. The highest BCUT2D eigenvalue weighted by Crippen LogP contribution is 2.53. The molecule has 1 aliphatic carbocycles. The van der Waals surface area contributed by atoms with Gasteiger partial charge in [0.05, 0.1) is 19.1 Å². The van der Waals surface area contributed by atoms with Gasteiger partial charge in [0.25, 0.3) is 0 Å². The molecule has 6 nitrogen and oxygen atoms in total. The molecule has 0 bridgehead atoms. The van der Waals surface area contributed by atoms with E-state index in [1.807, 2.05) is 72.8 Å². The third kappa shape index (κ3) is 4.20. The zero-order valence-corrected chi connectivity index (χ0v) is 19.5. The molecular formula is C29H28N2O4. The lowest BCUT2D eigenvalue weighted by atomic mass is 9.76. The van der Waals surface area contributed by atoms with E-state index in [9.17, 15) is 14.4 Å². The quantitative estimate of drug-likeness (QED) is 0.528. The van der Waals surface area contributed by atoms with Gasteiger partial charge in [0.1, 0.15) is 11.8 Å². The molecule has 5 rings (SSSR count). The second kappa shape index (κ2) is 9.37. The van der Waals surface area contributed by atoms with Crippen molar-refractivity contribution in [3.05, 3.63) is 102 Å². The van der Waals surface area contributed by atoms with Crippen LogP contribution in [0.1, 0.15) is 46.3 Å². The molecule has 2 aliphatic rings. The summed E-state index contributed by atoms with van der Waals surface area (Å²) in [5.74, 6) is -1.56. The first-order valence-electron chi connectivity index (χ1n) is 11.9. The zero-order valence-electron chi connectivity index (χ0n) is 19.5. The van der Waals surface area contributed by atoms with Crippen LogP contribution in [0.25, 0.3) is 0 Å². The normalized spacial score (nSPS) is 23.6. The smallest absolute Gasteiger partial charge is 0.240 e. The van der Waals surface area contributed by atoms with Crippen LogP contribution in [0.2, 0.25) is 0 Å². The molecule has 3 aromatic rings. The number of rotatable bonds is 7. The summed E-state index contributed by atoms with van der Waals surface area (Å²) >= 11 is 0. The number of amides is 2. The van der Waals surface area contributed by atoms with E-state index in [0.717, 1.165) is 24.0 Å². The number of ketones is 1. The third-order valence-electron chi connectivity index (χ3n) is 7.14. The van der Waals surface area contributed by atoms with Gasteiger partial charge in [0.15, 0.2) is 5.78 Å². The number of likely N-dealkylation sites (tertiary alicyclic amines) is 1. The number of carbonyl (C=O) groups excluding carboxylic acids is 3. The molecule has 0 radical (unpaired) electrons. The standard InChI is InChI=1S/C29H28N2O4/c1-35-22-16-14-19(15-17-22)25-24(27(32)20-10-6-3-7-11-20)23(18-8-4-2-5-9-18)26(28(30)33)31(25)29(34)21-12-13-21/h2-11,14-17,21,23-26H,12-13H2,1H3,(H2,30,33). The maximum atomic E-state index is 14.1. The van der Waals surface area contributed by atoms with Gasteiger partial charge in [0, 0.05) is 17.4 Å². The summed E-state index contributed by atoms with van der Waals surface area (Å²) in [4.78, 5) is 42.5. The highest BCUT2D eigenvalue weighted by molar-refractivity contribution is 6.02. The Morgan fingerprint density at radius 2 is 1.43 bits per heavy atom. The van der Waals surface area contributed by atoms with Crippen LogP contribution in [-0.4, -0.2) is 35.6 Å². The van der Waals surface area contributed by atoms with Crippen LogP contribution in [0.15, 0.2) is 84.9 Å². The fraction of sp³-hybridized carbons (Fsp3) is 0.276. The van der Waals surface area contributed by atoms with Crippen molar-refractivity contribution in [1.82, 2.24) is 4.90 Å². The average Bonchev–Trinajstić information content (AvgIpc) is 3.69. The van der Waals surface area contributed by atoms with E-state index >= 15 is 0 Å². The Morgan fingerprint density at radius 1 is 0.829 bits per heavy atom. The zero-order chi connectivity index (χ0) is 24.5. The fourth-order valence-corrected chi connectivity index (χ4v) is 5.38. The number of benzene rings is 3. The van der Waals surface area contributed by atoms with E-state index in [0.29, 0.717) is 11.3 Å². The molecule has 2 amide bonds. The van der Waals surface area contributed by atoms with Gasteiger partial charge in [-0.1, -0.05) is 72.8 Å². The van der Waals surface area contributed by atoms with Crippen molar-refractivity contribution in [2.24, 2.45) is 17.6 Å². The second-order valence-electron chi connectivity index (χ2n) is 9.28. The van der Waals surface area contributed by atoms with E-state index in [1.54, 1.807) is 24.1 Å². The van der Waals surface area contributed by atoms with Crippen molar-refractivity contribution in [3.8, 4) is 5.75 Å². The predicted octanol–water partition coefficient (Wildman–Crippen LogP) is 4.13. The summed E-state index contributed by atoms with van der Waals surface area (Å²) < 4.78 is 5.33. The third-order valence-corrected chi connectivity index (χ3v) is 7.14. The maximum Gasteiger partial charge on any atom is 0.240 e. The SMILES string of the molecule is COc1ccc(C2C(C(=O)c3ccccc3)C(c3ccccc3)C(C(N)=O)N2C(=O)C2CC2)cc1. The summed E-state index contributed by atoms with van der Waals surface area (Å²) in [6.07, 6.45) is 1.56. The van der Waals surface area contributed by atoms with Crippen LogP contribution in [0.5, 0.6) is 5.75 Å². The topological polar surface area (TPSA) is 89.7 Å². The molecule has 4 unspecified atom stereocenters. The van der Waals surface area contributed by atoms with Gasteiger partial charge in [-0.3, -0.25) is 14.4 Å². The number of ether oxygens (including phenoxy) is 1. The number of carbonyl (C=O) groups is 3. The van der Waals surface area contributed by atoms with Crippen molar-refractivity contribution in [2.75, 3.05) is 7.11 Å². The molecular weight excluding hydrogens is 440 g/mol. The van der Waals surface area contributed by atoms with Crippen LogP contribution >= 0.6 is 0 Å². The lowest BCUT2D eigenvalue weighted by Crippen LogP contribution is -2.47. The largest absolute Gasteiger partial charge is 0.497 e. The summed E-state index contributed by atoms with van der Waals surface area (Å²) in [6.45, 7) is 0. The summed E-state index contributed by atoms with van der Waals surface area (Å²) in [5, 5.41) is 0. The Morgan fingerprint density at radius 3 is 1.97 bits per heavy atom. The molecule has 1 heterocycles. The van der Waals surface area contributed by atoms with Gasteiger partial charge >= 0.3 is 0 Å². The molecule has 4 atom stereocenters. The lowest BCUT2D eigenvalue weighted by Gasteiger charge is -2.31. The maximum absolute atomic E-state index is 14.1. The minimum atomic E-state index is -0.935. The molecule has 1 saturated heterocycles. The highest BCUT2D eigenvalue weighted by Gasteiger charge is 2.58. The average molecular weight is 469 g/mol. The molecule has 2 N–H and O–H groups in total. The summed E-state index contributed by atoms with van der Waals surface area (Å²) in [6, 6.07) is 24.3. The number of Topliss-reactive ketones (excluding diaryl/α,β-unsaturated/α-hetero) is 1. The molecule has 3 aromatic carbocycles. The Hall–Kier alpha value is -3.93. The number of nitrogens with zero attached hydrogens (tertiary/aromatic N) is 1. The van der Waals surface area contributed by atoms with Crippen molar-refractivity contribution in [1.29, 1.82) is 0 Å². The van der Waals surface area contributed by atoms with E-state index in [1.165, 1.54) is 0 Å². The van der Waals surface area contributed by atoms with Gasteiger partial charge < -0.3 is 15.4 Å². The van der Waals surface area contributed by atoms with Crippen LogP contribution in [0, 0.1) is 11.8 Å². The monoisotopic (exact) mass is 468 g/mol. The number of primary amides is 1. The van der Waals surface area contributed by atoms with E-state index in [-0.39, 0.29) is 17.6 Å². The number of nitrogens with two attached hydrogens (primary N) is 1. The van der Waals surface area contributed by atoms with Crippen molar-refractivity contribution in [2.45, 2.75) is 30.8 Å². The molecule has 0 aromatic heterocycles. The number of hydrogen-bond acceptors (Lipinski definition) is 4. The minimum Gasteiger partial charge on any atom is -0.497 e. The highest BCUT2D eigenvalue weighted by atomic mass is 16.5. The van der Waals surface area contributed by atoms with Gasteiger partial charge in [-0.05, 0) is 36.1 Å². The first-order chi connectivity index (χ1) is 17.0. The molecule has 6 heteroatoms. The van der Waals surface area contributed by atoms with Gasteiger partial charge in [0.2, 0.25) is 11.8 Å². The van der Waals surface area contributed by atoms with Gasteiger partial charge in [-0.15, -0.1) is 0 Å². The molecule has 35 heavy (non-hydrogen) atoms.